The summed E-state index contributed by atoms with van der Waals surface area (Å²) in [4.78, 5) is 4.51. The summed E-state index contributed by atoms with van der Waals surface area (Å²) in [6.07, 6.45) is -5.07. The van der Waals surface area contributed by atoms with Gasteiger partial charge in [0, 0.05) is 32.7 Å². The van der Waals surface area contributed by atoms with Crippen LogP contribution in [0.25, 0.3) is 0 Å². The second-order valence-corrected chi connectivity index (χ2v) is 5.47. The van der Waals surface area contributed by atoms with E-state index < -0.39 is 17.8 Å². The molecule has 1 aromatic rings. The molecule has 3 aliphatic heterocycles. The van der Waals surface area contributed by atoms with Gasteiger partial charge in [-0.05, 0) is 17.7 Å². The Labute approximate surface area is 115 Å². The third kappa shape index (κ3) is 2.55. The van der Waals surface area contributed by atoms with Crippen molar-refractivity contribution in [2.45, 2.75) is 18.3 Å². The zero-order valence-corrected chi connectivity index (χ0v) is 11.0. The number of rotatable bonds is 2. The molecular weight excluding hydrogens is 269 g/mol. The largest absolute Gasteiger partial charge is 0.416 e. The van der Waals surface area contributed by atoms with Gasteiger partial charge >= 0.3 is 6.18 Å². The molecule has 0 aliphatic carbocycles. The zero-order valence-electron chi connectivity index (χ0n) is 11.0. The predicted octanol–water partition coefficient (Wildman–Crippen LogP) is 1.74. The SMILES string of the molecule is OC(c1ccc(C(F)(F)F)cc1)C1CN2CCN1CC2. The van der Waals surface area contributed by atoms with Crippen molar-refractivity contribution in [1.29, 1.82) is 0 Å². The molecule has 3 nitrogen and oxygen atoms in total. The van der Waals surface area contributed by atoms with Gasteiger partial charge in [0.15, 0.2) is 0 Å². The summed E-state index contributed by atoms with van der Waals surface area (Å²) in [5, 5.41) is 10.4. The molecule has 0 radical (unpaired) electrons. The molecule has 2 atom stereocenters. The maximum atomic E-state index is 12.5. The Morgan fingerprint density at radius 3 is 2.10 bits per heavy atom. The second-order valence-electron chi connectivity index (χ2n) is 5.47. The minimum atomic E-state index is -4.33. The molecule has 0 spiro atoms. The van der Waals surface area contributed by atoms with Crippen LogP contribution in [0.15, 0.2) is 24.3 Å². The van der Waals surface area contributed by atoms with Gasteiger partial charge in [-0.3, -0.25) is 9.80 Å². The van der Waals surface area contributed by atoms with Crippen molar-refractivity contribution in [3.8, 4) is 0 Å². The molecule has 3 saturated heterocycles. The van der Waals surface area contributed by atoms with Crippen LogP contribution >= 0.6 is 0 Å². The van der Waals surface area contributed by atoms with Crippen LogP contribution in [0.3, 0.4) is 0 Å². The third-order valence-corrected chi connectivity index (χ3v) is 4.27. The number of benzene rings is 1. The summed E-state index contributed by atoms with van der Waals surface area (Å²) in [5.74, 6) is 0. The van der Waals surface area contributed by atoms with Gasteiger partial charge < -0.3 is 5.11 Å². The van der Waals surface area contributed by atoms with Crippen LogP contribution in [-0.4, -0.2) is 53.7 Å². The molecule has 1 aromatic carbocycles. The number of aliphatic hydroxyl groups is 1. The highest BCUT2D eigenvalue weighted by atomic mass is 19.4. The Morgan fingerprint density at radius 2 is 1.65 bits per heavy atom. The third-order valence-electron chi connectivity index (χ3n) is 4.27. The van der Waals surface area contributed by atoms with E-state index in [1.807, 2.05) is 0 Å². The Bertz CT molecular complexity index is 466. The van der Waals surface area contributed by atoms with Crippen molar-refractivity contribution >= 4 is 0 Å². The van der Waals surface area contributed by atoms with E-state index in [0.29, 0.717) is 5.56 Å². The van der Waals surface area contributed by atoms with Crippen molar-refractivity contribution in [2.24, 2.45) is 0 Å². The molecule has 3 heterocycles. The summed E-state index contributed by atoms with van der Waals surface area (Å²) in [5.41, 5.74) is -0.126. The maximum absolute atomic E-state index is 12.5. The number of nitrogens with zero attached hydrogens (tertiary/aromatic N) is 2. The minimum absolute atomic E-state index is 0.0192. The standard InChI is InChI=1S/C14H17F3N2O/c15-14(16,17)11-3-1-10(2-4-11)13(20)12-9-18-5-7-19(12)8-6-18/h1-4,12-13,20H,5-9H2. The van der Waals surface area contributed by atoms with E-state index in [1.54, 1.807) is 0 Å². The molecule has 3 fully saturated rings. The fourth-order valence-corrected chi connectivity index (χ4v) is 3.05. The Hall–Kier alpha value is -1.11. The highest BCUT2D eigenvalue weighted by Gasteiger charge is 2.37. The lowest BCUT2D eigenvalue weighted by atomic mass is 9.96. The van der Waals surface area contributed by atoms with Gasteiger partial charge in [-0.25, -0.2) is 0 Å². The number of hydrogen-bond acceptors (Lipinski definition) is 3. The number of halogens is 3. The van der Waals surface area contributed by atoms with Gasteiger partial charge in [0.05, 0.1) is 17.7 Å². The van der Waals surface area contributed by atoms with Crippen molar-refractivity contribution in [2.75, 3.05) is 32.7 Å². The highest BCUT2D eigenvalue weighted by molar-refractivity contribution is 5.27. The summed E-state index contributed by atoms with van der Waals surface area (Å²) in [7, 11) is 0. The van der Waals surface area contributed by atoms with E-state index in [4.69, 9.17) is 0 Å². The molecule has 0 amide bonds. The molecule has 4 rings (SSSR count). The first-order chi connectivity index (χ1) is 9.45. The zero-order chi connectivity index (χ0) is 14.3. The fourth-order valence-electron chi connectivity index (χ4n) is 3.05. The molecular formula is C14H17F3N2O. The number of piperazine rings is 3. The smallest absolute Gasteiger partial charge is 0.387 e. The highest BCUT2D eigenvalue weighted by Crippen LogP contribution is 2.32. The van der Waals surface area contributed by atoms with Gasteiger partial charge in [0.25, 0.3) is 0 Å². The fraction of sp³-hybridized carbons (Fsp3) is 0.571. The Morgan fingerprint density at radius 1 is 1.05 bits per heavy atom. The summed E-state index contributed by atoms with van der Waals surface area (Å²) in [6, 6.07) is 4.82. The van der Waals surface area contributed by atoms with E-state index >= 15 is 0 Å². The predicted molar refractivity (Wildman–Crippen MR) is 68.2 cm³/mol. The van der Waals surface area contributed by atoms with Crippen LogP contribution in [0, 0.1) is 0 Å². The first-order valence-electron chi connectivity index (χ1n) is 6.77. The van der Waals surface area contributed by atoms with Crippen LogP contribution in [0.2, 0.25) is 0 Å². The number of hydrogen-bond donors (Lipinski definition) is 1. The van der Waals surface area contributed by atoms with E-state index in [2.05, 4.69) is 9.80 Å². The maximum Gasteiger partial charge on any atom is 0.416 e. The van der Waals surface area contributed by atoms with Gasteiger partial charge in [-0.15, -0.1) is 0 Å². The molecule has 2 unspecified atom stereocenters. The molecule has 3 aliphatic rings. The van der Waals surface area contributed by atoms with Crippen molar-refractivity contribution in [1.82, 2.24) is 9.80 Å². The Balaban J connectivity index is 1.75. The number of fused-ring (bicyclic) bond motifs is 3. The Kier molecular flexibility index (Phi) is 3.48. The van der Waals surface area contributed by atoms with E-state index in [9.17, 15) is 18.3 Å². The van der Waals surface area contributed by atoms with Gasteiger partial charge in [0.1, 0.15) is 0 Å². The van der Waals surface area contributed by atoms with Crippen molar-refractivity contribution in [3.05, 3.63) is 35.4 Å². The molecule has 20 heavy (non-hydrogen) atoms. The van der Waals surface area contributed by atoms with Gasteiger partial charge in [-0.2, -0.15) is 13.2 Å². The summed E-state index contributed by atoms with van der Waals surface area (Å²) in [6.45, 7) is 4.64. The van der Waals surface area contributed by atoms with Crippen molar-refractivity contribution < 1.29 is 18.3 Å². The van der Waals surface area contributed by atoms with E-state index in [1.165, 1.54) is 12.1 Å². The van der Waals surface area contributed by atoms with E-state index in [0.717, 1.165) is 44.9 Å². The van der Waals surface area contributed by atoms with Gasteiger partial charge in [-0.1, -0.05) is 12.1 Å². The van der Waals surface area contributed by atoms with Crippen LogP contribution in [-0.2, 0) is 6.18 Å². The van der Waals surface area contributed by atoms with Crippen LogP contribution in [0.4, 0.5) is 13.2 Å². The first-order valence-corrected chi connectivity index (χ1v) is 6.77. The van der Waals surface area contributed by atoms with Crippen LogP contribution in [0.5, 0.6) is 0 Å². The quantitative estimate of drug-likeness (QED) is 0.897. The summed E-state index contributed by atoms with van der Waals surface area (Å²) < 4.78 is 37.6. The lowest BCUT2D eigenvalue weighted by Gasteiger charge is -2.49. The molecule has 0 saturated carbocycles. The molecule has 6 heteroatoms. The first kappa shape index (κ1) is 13.9. The normalized spacial score (nSPS) is 31.3. The molecule has 2 bridgehead atoms. The molecule has 0 aromatic heterocycles. The summed E-state index contributed by atoms with van der Waals surface area (Å²) >= 11 is 0. The average molecular weight is 286 g/mol. The second kappa shape index (κ2) is 5.02. The topological polar surface area (TPSA) is 26.7 Å². The number of aliphatic hydroxyl groups excluding tert-OH is 1. The van der Waals surface area contributed by atoms with Crippen molar-refractivity contribution in [3.63, 3.8) is 0 Å². The van der Waals surface area contributed by atoms with Crippen LogP contribution in [0.1, 0.15) is 17.2 Å². The molecule has 110 valence electrons. The number of alkyl halides is 3. The van der Waals surface area contributed by atoms with E-state index in [-0.39, 0.29) is 6.04 Å². The van der Waals surface area contributed by atoms with Crippen LogP contribution < -0.4 is 0 Å². The average Bonchev–Trinajstić information content (AvgIpc) is 2.47. The molecule has 1 N–H and O–H groups in total. The van der Waals surface area contributed by atoms with Gasteiger partial charge in [0.2, 0.25) is 0 Å². The lowest BCUT2D eigenvalue weighted by Crippen LogP contribution is -2.62. The lowest BCUT2D eigenvalue weighted by molar-refractivity contribution is -0.137. The monoisotopic (exact) mass is 286 g/mol. The minimum Gasteiger partial charge on any atom is -0.387 e.